The van der Waals surface area contributed by atoms with Crippen molar-refractivity contribution in [3.05, 3.63) is 65.2 Å². The lowest BCUT2D eigenvalue weighted by molar-refractivity contribution is 0.0978. The van der Waals surface area contributed by atoms with Crippen molar-refractivity contribution in [2.24, 2.45) is 0 Å². The number of carbonyl (C=O) groups excluding carboxylic acids is 1. The number of halogens is 1. The molecule has 0 aliphatic carbocycles. The molecule has 0 atom stereocenters. The largest absolute Gasteiger partial charge is 0.332 e. The molecule has 3 nitrogen and oxygen atoms in total. The summed E-state index contributed by atoms with van der Waals surface area (Å²) in [6.07, 6.45) is 0. The molecule has 0 bridgehead atoms. The summed E-state index contributed by atoms with van der Waals surface area (Å²) in [5.41, 5.74) is 1.28. The van der Waals surface area contributed by atoms with Crippen LogP contribution in [0.5, 0.6) is 0 Å². The molecule has 0 saturated heterocycles. The lowest BCUT2D eigenvalue weighted by atomic mass is 10.2. The Morgan fingerprint density at radius 2 is 1.79 bits per heavy atom. The summed E-state index contributed by atoms with van der Waals surface area (Å²) in [7, 11) is 0. The number of para-hydroxylation sites is 1. The van der Waals surface area contributed by atoms with E-state index < -0.39 is 0 Å². The topological polar surface area (TPSA) is 41.1 Å². The van der Waals surface area contributed by atoms with Gasteiger partial charge in [0.05, 0.1) is 0 Å². The van der Waals surface area contributed by atoms with Crippen molar-refractivity contribution < 1.29 is 4.79 Å². The highest BCUT2D eigenvalue weighted by molar-refractivity contribution is 7.80. The SMILES string of the molecule is O=C(NC(=S)Nc1ccccc1)c1cccc(Cl)c1. The molecule has 2 N–H and O–H groups in total. The maximum atomic E-state index is 11.9. The maximum absolute atomic E-state index is 11.9. The van der Waals surface area contributed by atoms with Crippen LogP contribution in [0.15, 0.2) is 54.6 Å². The number of carbonyl (C=O) groups is 1. The fourth-order valence-electron chi connectivity index (χ4n) is 1.49. The van der Waals surface area contributed by atoms with Gasteiger partial charge in [-0.1, -0.05) is 35.9 Å². The molecule has 2 aromatic carbocycles. The van der Waals surface area contributed by atoms with Gasteiger partial charge < -0.3 is 5.32 Å². The highest BCUT2D eigenvalue weighted by Gasteiger charge is 2.07. The first-order valence-corrected chi connectivity index (χ1v) is 6.37. The lowest BCUT2D eigenvalue weighted by Gasteiger charge is -2.09. The molecule has 0 aliphatic heterocycles. The molecule has 0 aliphatic rings. The van der Waals surface area contributed by atoms with Crippen LogP contribution >= 0.6 is 23.8 Å². The monoisotopic (exact) mass is 290 g/mol. The van der Waals surface area contributed by atoms with E-state index in [4.69, 9.17) is 23.8 Å². The van der Waals surface area contributed by atoms with E-state index in [0.717, 1.165) is 5.69 Å². The number of thiocarbonyl (C=S) groups is 1. The van der Waals surface area contributed by atoms with Gasteiger partial charge in [0.1, 0.15) is 0 Å². The van der Waals surface area contributed by atoms with Gasteiger partial charge in [0.25, 0.3) is 5.91 Å². The molecule has 2 aromatic rings. The van der Waals surface area contributed by atoms with Crippen molar-refractivity contribution in [3.8, 4) is 0 Å². The van der Waals surface area contributed by atoms with Crippen molar-refractivity contribution in [1.82, 2.24) is 5.32 Å². The van der Waals surface area contributed by atoms with Gasteiger partial charge in [-0.15, -0.1) is 0 Å². The van der Waals surface area contributed by atoms with Crippen LogP contribution < -0.4 is 10.6 Å². The summed E-state index contributed by atoms with van der Waals surface area (Å²) in [4.78, 5) is 11.9. The second-order valence-electron chi connectivity index (χ2n) is 3.78. The first kappa shape index (κ1) is 13.5. The minimum absolute atomic E-state index is 0.246. The third-order valence-corrected chi connectivity index (χ3v) is 2.78. The Labute approximate surface area is 121 Å². The van der Waals surface area contributed by atoms with Gasteiger partial charge in [-0.25, -0.2) is 0 Å². The molecular formula is C14H11ClN2OS. The van der Waals surface area contributed by atoms with Crippen LogP contribution in [0.4, 0.5) is 5.69 Å². The zero-order valence-electron chi connectivity index (χ0n) is 9.89. The number of benzene rings is 2. The Morgan fingerprint density at radius 3 is 2.47 bits per heavy atom. The van der Waals surface area contributed by atoms with E-state index in [0.29, 0.717) is 10.6 Å². The fraction of sp³-hybridized carbons (Fsp3) is 0. The number of anilines is 1. The third kappa shape index (κ3) is 4.05. The van der Waals surface area contributed by atoms with E-state index in [2.05, 4.69) is 10.6 Å². The number of hydrogen-bond donors (Lipinski definition) is 2. The van der Waals surface area contributed by atoms with Crippen molar-refractivity contribution in [3.63, 3.8) is 0 Å². The minimum Gasteiger partial charge on any atom is -0.332 e. The fourth-order valence-corrected chi connectivity index (χ4v) is 1.89. The molecule has 2 rings (SSSR count). The van der Waals surface area contributed by atoms with Crippen LogP contribution in [0.3, 0.4) is 0 Å². The van der Waals surface area contributed by atoms with Crippen LogP contribution in [0.25, 0.3) is 0 Å². The molecule has 1 amide bonds. The second kappa shape index (κ2) is 6.31. The quantitative estimate of drug-likeness (QED) is 0.832. The molecule has 0 radical (unpaired) electrons. The summed E-state index contributed by atoms with van der Waals surface area (Å²) in [6, 6.07) is 16.1. The first-order chi connectivity index (χ1) is 9.15. The minimum atomic E-state index is -0.295. The van der Waals surface area contributed by atoms with Crippen LogP contribution in [-0.4, -0.2) is 11.0 Å². The van der Waals surface area contributed by atoms with Gasteiger partial charge in [0.2, 0.25) is 0 Å². The maximum Gasteiger partial charge on any atom is 0.257 e. The van der Waals surface area contributed by atoms with E-state index in [-0.39, 0.29) is 11.0 Å². The van der Waals surface area contributed by atoms with E-state index in [1.165, 1.54) is 0 Å². The van der Waals surface area contributed by atoms with E-state index in [1.807, 2.05) is 30.3 Å². The van der Waals surface area contributed by atoms with Crippen molar-refractivity contribution >= 4 is 40.5 Å². The summed E-state index contributed by atoms with van der Waals surface area (Å²) in [5.74, 6) is -0.295. The van der Waals surface area contributed by atoms with Crippen molar-refractivity contribution in [2.45, 2.75) is 0 Å². The average Bonchev–Trinajstić information content (AvgIpc) is 2.39. The molecule has 0 fully saturated rings. The van der Waals surface area contributed by atoms with Gasteiger partial charge in [-0.3, -0.25) is 10.1 Å². The lowest BCUT2D eigenvalue weighted by Crippen LogP contribution is -2.34. The Bertz CT molecular complexity index is 601. The third-order valence-electron chi connectivity index (χ3n) is 2.35. The highest BCUT2D eigenvalue weighted by atomic mass is 35.5. The van der Waals surface area contributed by atoms with E-state index >= 15 is 0 Å². The molecule has 0 aromatic heterocycles. The zero-order valence-corrected chi connectivity index (χ0v) is 11.5. The van der Waals surface area contributed by atoms with E-state index in [1.54, 1.807) is 24.3 Å². The standard InChI is InChI=1S/C14H11ClN2OS/c15-11-6-4-5-10(9-11)13(18)17-14(19)16-12-7-2-1-3-8-12/h1-9H,(H2,16,17,18,19). The van der Waals surface area contributed by atoms with Crippen LogP contribution in [0.1, 0.15) is 10.4 Å². The first-order valence-electron chi connectivity index (χ1n) is 5.58. The van der Waals surface area contributed by atoms with Gasteiger partial charge in [0, 0.05) is 16.3 Å². The average molecular weight is 291 g/mol. The van der Waals surface area contributed by atoms with Crippen LogP contribution in [0, 0.1) is 0 Å². The van der Waals surface area contributed by atoms with Crippen molar-refractivity contribution in [2.75, 3.05) is 5.32 Å². The zero-order chi connectivity index (χ0) is 13.7. The normalized spacial score (nSPS) is 9.74. The van der Waals surface area contributed by atoms with Gasteiger partial charge in [0.15, 0.2) is 5.11 Å². The molecule has 19 heavy (non-hydrogen) atoms. The summed E-state index contributed by atoms with van der Waals surface area (Å²) in [6.45, 7) is 0. The Hall–Kier alpha value is -1.91. The van der Waals surface area contributed by atoms with Crippen molar-refractivity contribution in [1.29, 1.82) is 0 Å². The number of nitrogens with one attached hydrogen (secondary N) is 2. The van der Waals surface area contributed by atoms with Crippen LogP contribution in [0.2, 0.25) is 5.02 Å². The Balaban J connectivity index is 1.98. The summed E-state index contributed by atoms with van der Waals surface area (Å²) >= 11 is 10.9. The smallest absolute Gasteiger partial charge is 0.257 e. The molecule has 0 spiro atoms. The van der Waals surface area contributed by atoms with Crippen LogP contribution in [-0.2, 0) is 0 Å². The van der Waals surface area contributed by atoms with Gasteiger partial charge in [-0.2, -0.15) is 0 Å². The molecular weight excluding hydrogens is 280 g/mol. The number of amides is 1. The second-order valence-corrected chi connectivity index (χ2v) is 4.63. The molecule has 0 saturated carbocycles. The number of hydrogen-bond acceptors (Lipinski definition) is 2. The molecule has 0 unspecified atom stereocenters. The molecule has 96 valence electrons. The van der Waals surface area contributed by atoms with Gasteiger partial charge >= 0.3 is 0 Å². The summed E-state index contributed by atoms with van der Waals surface area (Å²) < 4.78 is 0. The Morgan fingerprint density at radius 1 is 1.05 bits per heavy atom. The number of rotatable bonds is 2. The predicted molar refractivity (Wildman–Crippen MR) is 81.6 cm³/mol. The Kier molecular flexibility index (Phi) is 4.49. The molecule has 0 heterocycles. The summed E-state index contributed by atoms with van der Waals surface area (Å²) in [5, 5.41) is 6.27. The van der Waals surface area contributed by atoms with E-state index in [9.17, 15) is 4.79 Å². The highest BCUT2D eigenvalue weighted by Crippen LogP contribution is 2.10. The molecule has 5 heteroatoms. The predicted octanol–water partition coefficient (Wildman–Crippen LogP) is 3.47. The van der Waals surface area contributed by atoms with Gasteiger partial charge in [-0.05, 0) is 42.5 Å².